The van der Waals surface area contributed by atoms with Crippen LogP contribution in [0.5, 0.6) is 0 Å². The van der Waals surface area contributed by atoms with E-state index in [0.29, 0.717) is 18.5 Å². The summed E-state index contributed by atoms with van der Waals surface area (Å²) in [6.45, 7) is 2.51. The van der Waals surface area contributed by atoms with Crippen molar-refractivity contribution in [3.63, 3.8) is 0 Å². The number of halogens is 1. The van der Waals surface area contributed by atoms with E-state index in [1.54, 1.807) is 6.07 Å². The van der Waals surface area contributed by atoms with Gasteiger partial charge in [-0.25, -0.2) is 4.39 Å². The van der Waals surface area contributed by atoms with E-state index in [2.05, 4.69) is 16.4 Å². The van der Waals surface area contributed by atoms with Gasteiger partial charge >= 0.3 is 0 Å². The maximum atomic E-state index is 13.4. The quantitative estimate of drug-likeness (QED) is 0.241. The molecule has 4 nitrogen and oxygen atoms in total. The average molecular weight is 263 g/mol. The predicted molar refractivity (Wildman–Crippen MR) is 73.3 cm³/mol. The summed E-state index contributed by atoms with van der Waals surface area (Å²) in [5.74, 6) is 2.06. The highest BCUT2D eigenvalue weighted by Crippen LogP contribution is 2.10. The lowest BCUT2D eigenvalue weighted by molar-refractivity contribution is 0.318. The molecule has 0 spiro atoms. The number of terminal acetylenes is 1. The molecule has 0 aliphatic rings. The maximum Gasteiger partial charge on any atom is 0.170 e. The number of oxime groups is 1. The van der Waals surface area contributed by atoms with Gasteiger partial charge in [-0.15, -0.1) is 12.3 Å². The van der Waals surface area contributed by atoms with Gasteiger partial charge in [-0.05, 0) is 30.2 Å². The molecule has 19 heavy (non-hydrogen) atoms. The first-order valence-corrected chi connectivity index (χ1v) is 6.04. The molecule has 1 aromatic carbocycles. The zero-order chi connectivity index (χ0) is 14.3. The van der Waals surface area contributed by atoms with Crippen LogP contribution in [0.2, 0.25) is 0 Å². The molecule has 0 heterocycles. The Morgan fingerprint density at radius 2 is 2.32 bits per heavy atom. The fourth-order valence-corrected chi connectivity index (χ4v) is 1.72. The molecule has 0 bridgehead atoms. The van der Waals surface area contributed by atoms with Crippen molar-refractivity contribution >= 4 is 5.84 Å². The van der Waals surface area contributed by atoms with Crippen molar-refractivity contribution in [1.29, 1.82) is 0 Å². The number of nitrogens with zero attached hydrogens (tertiary/aromatic N) is 1. The second-order valence-electron chi connectivity index (χ2n) is 4.23. The molecule has 5 heteroatoms. The normalized spacial score (nSPS) is 13.0. The number of nitrogens with one attached hydrogen (secondary N) is 1. The number of amidine groups is 1. The Morgan fingerprint density at radius 3 is 2.89 bits per heavy atom. The van der Waals surface area contributed by atoms with E-state index in [-0.39, 0.29) is 11.9 Å². The van der Waals surface area contributed by atoms with Crippen LogP contribution >= 0.6 is 0 Å². The van der Waals surface area contributed by atoms with Crippen molar-refractivity contribution in [3.8, 4) is 12.3 Å². The molecule has 102 valence electrons. The number of hydrogen-bond donors (Lipinski definition) is 3. The van der Waals surface area contributed by atoms with Gasteiger partial charge in [0.15, 0.2) is 5.84 Å². The Kier molecular flexibility index (Phi) is 5.83. The van der Waals surface area contributed by atoms with Crippen LogP contribution in [0.3, 0.4) is 0 Å². The van der Waals surface area contributed by atoms with Gasteiger partial charge in [0.2, 0.25) is 0 Å². The zero-order valence-electron chi connectivity index (χ0n) is 10.9. The van der Waals surface area contributed by atoms with Crippen LogP contribution in [0.4, 0.5) is 4.39 Å². The summed E-state index contributed by atoms with van der Waals surface area (Å²) in [6.07, 6.45) is 6.79. The summed E-state index contributed by atoms with van der Waals surface area (Å²) in [4.78, 5) is 0. The second kappa shape index (κ2) is 7.39. The molecule has 0 aliphatic carbocycles. The van der Waals surface area contributed by atoms with Crippen molar-refractivity contribution in [1.82, 2.24) is 5.32 Å². The smallest absolute Gasteiger partial charge is 0.170 e. The first kappa shape index (κ1) is 15.0. The first-order chi connectivity index (χ1) is 9.10. The SMILES string of the molecule is C#CCC(CC)NCc1cc(F)cc(/C(N)=N/O)c1. The van der Waals surface area contributed by atoms with Gasteiger partial charge in [0.1, 0.15) is 5.82 Å². The number of nitrogens with two attached hydrogens (primary N) is 1. The Morgan fingerprint density at radius 1 is 1.58 bits per heavy atom. The van der Waals surface area contributed by atoms with E-state index in [1.165, 1.54) is 12.1 Å². The highest BCUT2D eigenvalue weighted by atomic mass is 19.1. The topological polar surface area (TPSA) is 70.6 Å². The summed E-state index contributed by atoms with van der Waals surface area (Å²) >= 11 is 0. The maximum absolute atomic E-state index is 13.4. The van der Waals surface area contributed by atoms with Crippen LogP contribution in [-0.4, -0.2) is 17.1 Å². The molecule has 0 fully saturated rings. The van der Waals surface area contributed by atoms with Gasteiger partial charge in [0.05, 0.1) is 0 Å². The van der Waals surface area contributed by atoms with Crippen molar-refractivity contribution in [2.75, 3.05) is 0 Å². The first-order valence-electron chi connectivity index (χ1n) is 6.04. The van der Waals surface area contributed by atoms with Gasteiger partial charge in [-0.1, -0.05) is 12.1 Å². The Hall–Kier alpha value is -2.06. The van der Waals surface area contributed by atoms with Crippen LogP contribution < -0.4 is 11.1 Å². The minimum Gasteiger partial charge on any atom is -0.409 e. The number of benzene rings is 1. The third-order valence-corrected chi connectivity index (χ3v) is 2.81. The molecular weight excluding hydrogens is 245 g/mol. The molecule has 0 saturated heterocycles. The lowest BCUT2D eigenvalue weighted by Crippen LogP contribution is -2.27. The Balaban J connectivity index is 2.79. The van der Waals surface area contributed by atoms with Crippen LogP contribution in [-0.2, 0) is 6.54 Å². The van der Waals surface area contributed by atoms with Crippen molar-refractivity contribution < 1.29 is 9.60 Å². The van der Waals surface area contributed by atoms with Crippen molar-refractivity contribution in [2.45, 2.75) is 32.4 Å². The Labute approximate surface area is 112 Å². The molecule has 1 atom stereocenters. The lowest BCUT2D eigenvalue weighted by atomic mass is 10.1. The van der Waals surface area contributed by atoms with E-state index in [4.69, 9.17) is 17.4 Å². The zero-order valence-corrected chi connectivity index (χ0v) is 10.9. The van der Waals surface area contributed by atoms with Gasteiger partial charge in [0.25, 0.3) is 0 Å². The highest BCUT2D eigenvalue weighted by molar-refractivity contribution is 5.97. The van der Waals surface area contributed by atoms with Crippen molar-refractivity contribution in [3.05, 3.63) is 35.1 Å². The molecule has 0 aliphatic heterocycles. The van der Waals surface area contributed by atoms with E-state index in [1.807, 2.05) is 6.92 Å². The monoisotopic (exact) mass is 263 g/mol. The molecular formula is C14H18FN3O. The molecule has 0 amide bonds. The second-order valence-corrected chi connectivity index (χ2v) is 4.23. The largest absolute Gasteiger partial charge is 0.409 e. The predicted octanol–water partition coefficient (Wildman–Crippen LogP) is 1.81. The molecule has 1 rings (SSSR count). The summed E-state index contributed by atoms with van der Waals surface area (Å²) in [7, 11) is 0. The molecule has 1 aromatic rings. The standard InChI is InChI=1S/C14H18FN3O/c1-3-5-13(4-2)17-9-10-6-11(14(16)18-19)8-12(15)7-10/h1,6-8,13,17,19H,4-5,9H2,2H3,(H2,16,18). The minimum atomic E-state index is -0.425. The van der Waals surface area contributed by atoms with Crippen LogP contribution in [0.15, 0.2) is 23.4 Å². The van der Waals surface area contributed by atoms with E-state index in [0.717, 1.165) is 12.0 Å². The van der Waals surface area contributed by atoms with Crippen LogP contribution in [0.1, 0.15) is 30.9 Å². The molecule has 0 radical (unpaired) electrons. The molecule has 0 saturated carbocycles. The molecule has 0 aromatic heterocycles. The van der Waals surface area contributed by atoms with Crippen molar-refractivity contribution in [2.24, 2.45) is 10.9 Å². The molecule has 4 N–H and O–H groups in total. The highest BCUT2D eigenvalue weighted by Gasteiger charge is 2.07. The third-order valence-electron chi connectivity index (χ3n) is 2.81. The van der Waals surface area contributed by atoms with E-state index >= 15 is 0 Å². The summed E-state index contributed by atoms with van der Waals surface area (Å²) in [6, 6.07) is 4.50. The minimum absolute atomic E-state index is 0.114. The number of hydrogen-bond acceptors (Lipinski definition) is 3. The van der Waals surface area contributed by atoms with Crippen LogP contribution in [0.25, 0.3) is 0 Å². The summed E-state index contributed by atoms with van der Waals surface area (Å²) in [5, 5.41) is 14.7. The van der Waals surface area contributed by atoms with Crippen LogP contribution in [0, 0.1) is 18.2 Å². The third kappa shape index (κ3) is 4.60. The number of rotatable bonds is 6. The van der Waals surface area contributed by atoms with Gasteiger partial charge < -0.3 is 16.3 Å². The summed E-state index contributed by atoms with van der Waals surface area (Å²) in [5.41, 5.74) is 6.52. The van der Waals surface area contributed by atoms with E-state index < -0.39 is 5.82 Å². The van der Waals surface area contributed by atoms with Gasteiger partial charge in [-0.2, -0.15) is 0 Å². The lowest BCUT2D eigenvalue weighted by Gasteiger charge is -2.14. The summed E-state index contributed by atoms with van der Waals surface area (Å²) < 4.78 is 13.4. The fourth-order valence-electron chi connectivity index (χ4n) is 1.72. The van der Waals surface area contributed by atoms with Gasteiger partial charge in [0, 0.05) is 24.6 Å². The fraction of sp³-hybridized carbons (Fsp3) is 0.357. The molecule has 1 unspecified atom stereocenters. The van der Waals surface area contributed by atoms with Gasteiger partial charge in [-0.3, -0.25) is 0 Å². The average Bonchev–Trinajstić information content (AvgIpc) is 2.41. The Bertz CT molecular complexity index is 494. The van der Waals surface area contributed by atoms with E-state index in [9.17, 15) is 4.39 Å².